The molecule has 2 aromatic rings. The number of benzene rings is 1. The number of carbonyl (C=O) groups excluding carboxylic acids is 1. The predicted molar refractivity (Wildman–Crippen MR) is 87.5 cm³/mol. The van der Waals surface area contributed by atoms with Gasteiger partial charge in [0.05, 0.1) is 38.0 Å². The van der Waals surface area contributed by atoms with Gasteiger partial charge in [-0.1, -0.05) is 6.07 Å². The Morgan fingerprint density at radius 1 is 1.30 bits per heavy atom. The molecule has 1 aromatic heterocycles. The average molecular weight is 317 g/mol. The first kappa shape index (κ1) is 16.0. The zero-order valence-corrected chi connectivity index (χ0v) is 14.0. The highest BCUT2D eigenvalue weighted by atomic mass is 16.5. The van der Waals surface area contributed by atoms with Crippen molar-refractivity contribution in [1.82, 2.24) is 4.90 Å². The number of aliphatic hydroxyl groups excluding tert-OH is 1. The summed E-state index contributed by atoms with van der Waals surface area (Å²) in [5.41, 5.74) is 5.16. The van der Waals surface area contributed by atoms with E-state index in [2.05, 4.69) is 13.0 Å². The molecule has 0 radical (unpaired) electrons. The predicted octanol–water partition coefficient (Wildman–Crippen LogP) is 2.12. The fourth-order valence-corrected chi connectivity index (χ4v) is 3.29. The van der Waals surface area contributed by atoms with Crippen LogP contribution in [0.3, 0.4) is 0 Å². The maximum Gasteiger partial charge on any atom is 0.227 e. The molecule has 1 fully saturated rings. The number of nitrogens with zero attached hydrogens (tertiary/aromatic N) is 1. The Morgan fingerprint density at radius 2 is 2.04 bits per heavy atom. The van der Waals surface area contributed by atoms with E-state index in [1.165, 1.54) is 5.56 Å². The number of amides is 1. The van der Waals surface area contributed by atoms with Crippen molar-refractivity contribution < 1.29 is 19.1 Å². The molecule has 124 valence electrons. The number of aliphatic hydroxyl groups is 1. The summed E-state index contributed by atoms with van der Waals surface area (Å²) in [5, 5.41) is 10.9. The largest absolute Gasteiger partial charge is 0.464 e. The van der Waals surface area contributed by atoms with E-state index in [1.54, 1.807) is 18.2 Å². The molecule has 1 N–H and O–H groups in total. The number of likely N-dealkylation sites (N-methyl/N-ethyl adjacent to an activating group) is 1. The third-order valence-corrected chi connectivity index (χ3v) is 4.88. The second-order valence-electron chi connectivity index (χ2n) is 6.45. The smallest absolute Gasteiger partial charge is 0.227 e. The maximum atomic E-state index is 12.6. The van der Waals surface area contributed by atoms with Gasteiger partial charge in [-0.25, -0.2) is 0 Å². The van der Waals surface area contributed by atoms with Crippen molar-refractivity contribution in [2.75, 3.05) is 20.3 Å². The van der Waals surface area contributed by atoms with Crippen molar-refractivity contribution >= 4 is 16.9 Å². The zero-order valence-electron chi connectivity index (χ0n) is 14.0. The highest BCUT2D eigenvalue weighted by molar-refractivity contribution is 5.92. The Kier molecular flexibility index (Phi) is 4.17. The van der Waals surface area contributed by atoms with E-state index in [1.807, 2.05) is 13.8 Å². The molecule has 0 spiro atoms. The van der Waals surface area contributed by atoms with Crippen molar-refractivity contribution in [3.63, 3.8) is 0 Å². The van der Waals surface area contributed by atoms with Crippen LogP contribution < -0.4 is 0 Å². The molecule has 0 aliphatic carbocycles. The van der Waals surface area contributed by atoms with Crippen LogP contribution in [0.25, 0.3) is 11.0 Å². The first-order chi connectivity index (χ1) is 10.9. The lowest BCUT2D eigenvalue weighted by Crippen LogP contribution is -2.44. The molecular formula is C18H23NO4. The van der Waals surface area contributed by atoms with Crippen LogP contribution in [0.5, 0.6) is 0 Å². The molecule has 2 atom stereocenters. The van der Waals surface area contributed by atoms with Crippen LogP contribution in [0.4, 0.5) is 0 Å². The van der Waals surface area contributed by atoms with Crippen LogP contribution in [-0.4, -0.2) is 48.3 Å². The third-order valence-electron chi connectivity index (χ3n) is 4.88. The summed E-state index contributed by atoms with van der Waals surface area (Å²) >= 11 is 0. The van der Waals surface area contributed by atoms with Gasteiger partial charge in [-0.15, -0.1) is 0 Å². The number of ether oxygens (including phenoxy) is 1. The van der Waals surface area contributed by atoms with E-state index in [0.717, 1.165) is 27.7 Å². The van der Waals surface area contributed by atoms with Gasteiger partial charge in [0.1, 0.15) is 5.58 Å². The van der Waals surface area contributed by atoms with Crippen molar-refractivity contribution in [2.24, 2.45) is 0 Å². The maximum absolute atomic E-state index is 12.6. The van der Waals surface area contributed by atoms with Gasteiger partial charge in [0.2, 0.25) is 5.91 Å². The summed E-state index contributed by atoms with van der Waals surface area (Å²) in [7, 11) is 1.72. The second-order valence-corrected chi connectivity index (χ2v) is 6.45. The van der Waals surface area contributed by atoms with Crippen molar-refractivity contribution in [3.05, 3.63) is 34.6 Å². The van der Waals surface area contributed by atoms with E-state index in [4.69, 9.17) is 9.15 Å². The van der Waals surface area contributed by atoms with Gasteiger partial charge in [0.15, 0.2) is 0 Å². The minimum absolute atomic E-state index is 0.0418. The van der Waals surface area contributed by atoms with Crippen molar-refractivity contribution in [2.45, 2.75) is 39.3 Å². The summed E-state index contributed by atoms with van der Waals surface area (Å²) in [4.78, 5) is 14.2. The molecular weight excluding hydrogens is 294 g/mol. The lowest BCUT2D eigenvalue weighted by molar-refractivity contribution is -0.132. The summed E-state index contributed by atoms with van der Waals surface area (Å²) in [6.07, 6.45) is 1.32. The summed E-state index contributed by atoms with van der Waals surface area (Å²) in [5.74, 6) is -0.0418. The minimum Gasteiger partial charge on any atom is -0.464 e. The van der Waals surface area contributed by atoms with Crippen molar-refractivity contribution in [3.8, 4) is 0 Å². The Labute approximate surface area is 135 Å². The number of carbonyl (C=O) groups is 1. The van der Waals surface area contributed by atoms with Crippen molar-refractivity contribution in [1.29, 1.82) is 0 Å². The third kappa shape index (κ3) is 2.75. The van der Waals surface area contributed by atoms with Crippen LogP contribution in [0, 0.1) is 20.8 Å². The van der Waals surface area contributed by atoms with Crippen LogP contribution >= 0.6 is 0 Å². The molecule has 23 heavy (non-hydrogen) atoms. The number of rotatable bonds is 3. The topological polar surface area (TPSA) is 62.9 Å². The fourth-order valence-electron chi connectivity index (χ4n) is 3.29. The van der Waals surface area contributed by atoms with E-state index in [-0.39, 0.29) is 25.0 Å². The number of hydrogen-bond donors (Lipinski definition) is 1. The second kappa shape index (κ2) is 5.98. The minimum atomic E-state index is -0.614. The van der Waals surface area contributed by atoms with E-state index in [9.17, 15) is 9.90 Å². The molecule has 1 amide bonds. The Balaban J connectivity index is 1.87. The van der Waals surface area contributed by atoms with Crippen LogP contribution in [-0.2, 0) is 16.0 Å². The Hall–Kier alpha value is -1.85. The highest BCUT2D eigenvalue weighted by Gasteiger charge is 2.32. The number of aryl methyl sites for hydroxylation is 3. The first-order valence-electron chi connectivity index (χ1n) is 7.88. The Bertz CT molecular complexity index is 749. The van der Waals surface area contributed by atoms with Gasteiger partial charge in [-0.2, -0.15) is 0 Å². The average Bonchev–Trinajstić information content (AvgIpc) is 3.11. The van der Waals surface area contributed by atoms with Gasteiger partial charge in [-0.3, -0.25) is 4.79 Å². The number of hydrogen-bond acceptors (Lipinski definition) is 4. The standard InChI is InChI=1S/C18H23NO4/c1-10-5-11(2)17-13(7-23-18(17)12(10)3)6-16(21)19(4)14-8-22-9-15(14)20/h5,7,14-15,20H,6,8-9H2,1-4H3. The molecule has 5 heteroatoms. The lowest BCUT2D eigenvalue weighted by Gasteiger charge is -2.25. The summed E-state index contributed by atoms with van der Waals surface area (Å²) in [6.45, 7) is 6.80. The van der Waals surface area contributed by atoms with Crippen LogP contribution in [0.2, 0.25) is 0 Å². The summed E-state index contributed by atoms with van der Waals surface area (Å²) < 4.78 is 11.0. The quantitative estimate of drug-likeness (QED) is 0.942. The van der Waals surface area contributed by atoms with Gasteiger partial charge in [0, 0.05) is 18.0 Å². The highest BCUT2D eigenvalue weighted by Crippen LogP contribution is 2.30. The van der Waals surface area contributed by atoms with E-state index >= 15 is 0 Å². The van der Waals surface area contributed by atoms with Gasteiger partial charge in [-0.05, 0) is 37.5 Å². The SMILES string of the molecule is Cc1cc(C)c2c(CC(=O)N(C)C3COCC3O)coc2c1C. The van der Waals surface area contributed by atoms with E-state index in [0.29, 0.717) is 6.61 Å². The van der Waals surface area contributed by atoms with Gasteiger partial charge in [0.25, 0.3) is 0 Å². The lowest BCUT2D eigenvalue weighted by atomic mass is 9.98. The molecule has 0 saturated carbocycles. The number of fused-ring (bicyclic) bond motifs is 1. The first-order valence-corrected chi connectivity index (χ1v) is 7.88. The fraction of sp³-hybridized carbons (Fsp3) is 0.500. The molecule has 1 aliphatic rings. The molecule has 0 bridgehead atoms. The van der Waals surface area contributed by atoms with Gasteiger partial charge >= 0.3 is 0 Å². The molecule has 5 nitrogen and oxygen atoms in total. The normalized spacial score (nSPS) is 21.1. The summed E-state index contributed by atoms with van der Waals surface area (Å²) in [6, 6.07) is 1.85. The molecule has 2 heterocycles. The van der Waals surface area contributed by atoms with Crippen LogP contribution in [0.1, 0.15) is 22.3 Å². The molecule has 1 aromatic carbocycles. The van der Waals surface area contributed by atoms with E-state index < -0.39 is 6.10 Å². The molecule has 1 aliphatic heterocycles. The molecule has 3 rings (SSSR count). The zero-order chi connectivity index (χ0) is 16.7. The number of furan rings is 1. The van der Waals surface area contributed by atoms with Gasteiger partial charge < -0.3 is 19.2 Å². The Morgan fingerprint density at radius 3 is 2.70 bits per heavy atom. The molecule has 2 unspecified atom stereocenters. The molecule has 1 saturated heterocycles. The monoisotopic (exact) mass is 317 g/mol. The van der Waals surface area contributed by atoms with Crippen LogP contribution in [0.15, 0.2) is 16.7 Å².